The summed E-state index contributed by atoms with van der Waals surface area (Å²) in [4.78, 5) is 37.9. The Hall–Kier alpha value is -3.35. The molecule has 0 aliphatic carbocycles. The van der Waals surface area contributed by atoms with E-state index in [1.54, 1.807) is 63.5 Å². The first-order valence-electron chi connectivity index (χ1n) is 8.67. The van der Waals surface area contributed by atoms with Crippen molar-refractivity contribution in [2.75, 3.05) is 21.2 Å². The number of hydrogen-bond acceptors (Lipinski definition) is 4. The van der Waals surface area contributed by atoms with Gasteiger partial charge in [0.25, 0.3) is 11.8 Å². The van der Waals surface area contributed by atoms with E-state index in [4.69, 9.17) is 4.74 Å². The molecule has 1 atom stereocenters. The average Bonchev–Trinajstić information content (AvgIpc) is 2.66. The summed E-state index contributed by atoms with van der Waals surface area (Å²) in [5, 5.41) is 12.2. The third kappa shape index (κ3) is 4.88. The van der Waals surface area contributed by atoms with Crippen molar-refractivity contribution in [1.82, 2.24) is 10.2 Å². The SMILES string of the molecule is COc1cccc(C(C)(CC(=O)O)NC(=O)c2cccc(C(=O)N(C)C)c2)c1. The summed E-state index contributed by atoms with van der Waals surface area (Å²) < 4.78 is 5.21. The maximum atomic E-state index is 12.9. The molecule has 7 nitrogen and oxygen atoms in total. The largest absolute Gasteiger partial charge is 0.497 e. The molecule has 0 aliphatic rings. The zero-order chi connectivity index (χ0) is 20.9. The highest BCUT2D eigenvalue weighted by atomic mass is 16.5. The lowest BCUT2D eigenvalue weighted by Gasteiger charge is -2.30. The van der Waals surface area contributed by atoms with Crippen molar-refractivity contribution in [3.63, 3.8) is 0 Å². The molecule has 2 amide bonds. The Bertz CT molecular complexity index is 894. The molecule has 0 radical (unpaired) electrons. The number of amides is 2. The molecule has 0 saturated heterocycles. The Labute approximate surface area is 163 Å². The molecule has 2 aromatic rings. The van der Waals surface area contributed by atoms with E-state index in [0.717, 1.165) is 0 Å². The van der Waals surface area contributed by atoms with Crippen LogP contribution in [0.1, 0.15) is 39.6 Å². The van der Waals surface area contributed by atoms with Crippen LogP contribution in [-0.2, 0) is 10.3 Å². The topological polar surface area (TPSA) is 95.9 Å². The van der Waals surface area contributed by atoms with Gasteiger partial charge in [-0.15, -0.1) is 0 Å². The fourth-order valence-electron chi connectivity index (χ4n) is 2.86. The molecule has 0 saturated carbocycles. The van der Waals surface area contributed by atoms with Gasteiger partial charge >= 0.3 is 5.97 Å². The van der Waals surface area contributed by atoms with Crippen molar-refractivity contribution in [2.24, 2.45) is 0 Å². The van der Waals surface area contributed by atoms with Crippen molar-refractivity contribution in [3.05, 3.63) is 65.2 Å². The number of carboxylic acid groups (broad SMARTS) is 1. The van der Waals surface area contributed by atoms with E-state index in [-0.39, 0.29) is 17.9 Å². The second-order valence-corrected chi connectivity index (χ2v) is 6.87. The van der Waals surface area contributed by atoms with Gasteiger partial charge in [0.2, 0.25) is 0 Å². The normalized spacial score (nSPS) is 12.6. The van der Waals surface area contributed by atoms with Gasteiger partial charge in [0, 0.05) is 25.2 Å². The quantitative estimate of drug-likeness (QED) is 0.765. The Balaban J connectivity index is 2.37. The smallest absolute Gasteiger partial charge is 0.306 e. The van der Waals surface area contributed by atoms with Crippen LogP contribution in [0.2, 0.25) is 0 Å². The number of carbonyl (C=O) groups excluding carboxylic acids is 2. The lowest BCUT2D eigenvalue weighted by molar-refractivity contribution is -0.138. The van der Waals surface area contributed by atoms with Crippen LogP contribution >= 0.6 is 0 Å². The molecule has 7 heteroatoms. The summed E-state index contributed by atoms with van der Waals surface area (Å²) in [6.45, 7) is 1.64. The van der Waals surface area contributed by atoms with E-state index >= 15 is 0 Å². The number of carbonyl (C=O) groups is 3. The molecule has 0 heterocycles. The van der Waals surface area contributed by atoms with Crippen molar-refractivity contribution in [1.29, 1.82) is 0 Å². The lowest BCUT2D eigenvalue weighted by atomic mass is 9.88. The number of rotatable bonds is 7. The van der Waals surface area contributed by atoms with Gasteiger partial charge < -0.3 is 20.1 Å². The van der Waals surface area contributed by atoms with Gasteiger partial charge in [-0.2, -0.15) is 0 Å². The van der Waals surface area contributed by atoms with Gasteiger partial charge in [-0.25, -0.2) is 0 Å². The van der Waals surface area contributed by atoms with E-state index in [1.165, 1.54) is 18.1 Å². The summed E-state index contributed by atoms with van der Waals surface area (Å²) in [7, 11) is 4.77. The summed E-state index contributed by atoms with van der Waals surface area (Å²) in [5.74, 6) is -1.19. The number of aliphatic carboxylic acids is 1. The van der Waals surface area contributed by atoms with Crippen LogP contribution in [0, 0.1) is 0 Å². The minimum atomic E-state index is -1.17. The van der Waals surface area contributed by atoms with E-state index in [2.05, 4.69) is 5.32 Å². The Morgan fingerprint density at radius 1 is 1.07 bits per heavy atom. The molecular weight excluding hydrogens is 360 g/mol. The molecule has 0 spiro atoms. The number of ether oxygens (including phenoxy) is 1. The van der Waals surface area contributed by atoms with Gasteiger partial charge in [0.05, 0.1) is 19.1 Å². The van der Waals surface area contributed by atoms with Gasteiger partial charge in [-0.3, -0.25) is 14.4 Å². The van der Waals surface area contributed by atoms with Gasteiger partial charge in [-0.1, -0.05) is 18.2 Å². The first-order chi connectivity index (χ1) is 13.2. The molecule has 0 aromatic heterocycles. The lowest BCUT2D eigenvalue weighted by Crippen LogP contribution is -2.45. The fourth-order valence-corrected chi connectivity index (χ4v) is 2.86. The van der Waals surface area contributed by atoms with Crippen LogP contribution in [0.5, 0.6) is 5.75 Å². The zero-order valence-electron chi connectivity index (χ0n) is 16.4. The van der Waals surface area contributed by atoms with Crippen LogP contribution in [0.25, 0.3) is 0 Å². The molecule has 148 valence electrons. The van der Waals surface area contributed by atoms with Gasteiger partial charge in [0.1, 0.15) is 5.75 Å². The molecule has 0 bridgehead atoms. The molecule has 2 N–H and O–H groups in total. The predicted octanol–water partition coefficient (Wildman–Crippen LogP) is 2.52. The minimum Gasteiger partial charge on any atom is -0.497 e. The van der Waals surface area contributed by atoms with Crippen LogP contribution in [0.3, 0.4) is 0 Å². The number of hydrogen-bond donors (Lipinski definition) is 2. The van der Waals surface area contributed by atoms with E-state index in [0.29, 0.717) is 16.9 Å². The molecule has 28 heavy (non-hydrogen) atoms. The molecular formula is C21H24N2O5. The fraction of sp³-hybridized carbons (Fsp3) is 0.286. The van der Waals surface area contributed by atoms with Crippen LogP contribution in [0.15, 0.2) is 48.5 Å². The van der Waals surface area contributed by atoms with Crippen molar-refractivity contribution in [3.8, 4) is 5.75 Å². The number of nitrogens with one attached hydrogen (secondary N) is 1. The summed E-state index contributed by atoms with van der Waals surface area (Å²) >= 11 is 0. The first kappa shape index (κ1) is 21.0. The standard InChI is InChI=1S/C21H24N2O5/c1-21(13-18(24)25,16-9-6-10-17(12-16)28-4)22-19(26)14-7-5-8-15(11-14)20(27)23(2)3/h5-12H,13H2,1-4H3,(H,22,26)(H,24,25). The highest BCUT2D eigenvalue weighted by molar-refractivity contribution is 6.00. The highest BCUT2D eigenvalue weighted by Gasteiger charge is 2.32. The number of benzene rings is 2. The van der Waals surface area contributed by atoms with Crippen LogP contribution in [-0.4, -0.2) is 49.0 Å². The van der Waals surface area contributed by atoms with E-state index in [1.807, 2.05) is 0 Å². The third-order valence-electron chi connectivity index (χ3n) is 4.38. The molecule has 0 fully saturated rings. The van der Waals surface area contributed by atoms with Crippen molar-refractivity contribution in [2.45, 2.75) is 18.9 Å². The van der Waals surface area contributed by atoms with Crippen molar-refractivity contribution >= 4 is 17.8 Å². The third-order valence-corrected chi connectivity index (χ3v) is 4.38. The Morgan fingerprint density at radius 2 is 1.71 bits per heavy atom. The molecule has 0 aliphatic heterocycles. The van der Waals surface area contributed by atoms with Crippen LogP contribution in [0.4, 0.5) is 0 Å². The number of carboxylic acids is 1. The monoisotopic (exact) mass is 384 g/mol. The molecule has 2 rings (SSSR count). The molecule has 1 unspecified atom stereocenters. The number of methoxy groups -OCH3 is 1. The second kappa shape index (κ2) is 8.56. The predicted molar refractivity (Wildman–Crippen MR) is 105 cm³/mol. The van der Waals surface area contributed by atoms with Gasteiger partial charge in [0.15, 0.2) is 0 Å². The maximum Gasteiger partial charge on any atom is 0.306 e. The summed E-state index contributed by atoms with van der Waals surface area (Å²) in [5.41, 5.74) is 0.0771. The maximum absolute atomic E-state index is 12.9. The Morgan fingerprint density at radius 3 is 2.32 bits per heavy atom. The van der Waals surface area contributed by atoms with E-state index < -0.39 is 17.4 Å². The van der Waals surface area contributed by atoms with Crippen molar-refractivity contribution < 1.29 is 24.2 Å². The number of nitrogens with zero attached hydrogens (tertiary/aromatic N) is 1. The summed E-state index contributed by atoms with van der Waals surface area (Å²) in [6, 6.07) is 13.2. The summed E-state index contributed by atoms with van der Waals surface area (Å²) in [6.07, 6.45) is -0.317. The zero-order valence-corrected chi connectivity index (χ0v) is 16.4. The second-order valence-electron chi connectivity index (χ2n) is 6.87. The van der Waals surface area contributed by atoms with Gasteiger partial charge in [-0.05, 0) is 42.8 Å². The van der Waals surface area contributed by atoms with E-state index in [9.17, 15) is 19.5 Å². The highest BCUT2D eigenvalue weighted by Crippen LogP contribution is 2.28. The molecule has 2 aromatic carbocycles. The first-order valence-corrected chi connectivity index (χ1v) is 8.67. The average molecular weight is 384 g/mol. The van der Waals surface area contributed by atoms with Crippen LogP contribution < -0.4 is 10.1 Å². The minimum absolute atomic E-state index is 0.226. The Kier molecular flexibility index (Phi) is 6.41.